The maximum Gasteiger partial charge on any atom is 0.338 e. The van der Waals surface area contributed by atoms with E-state index in [1.165, 1.54) is 12.1 Å². The highest BCUT2D eigenvalue weighted by atomic mass is 16.6. The fourth-order valence-electron chi connectivity index (χ4n) is 2.18. The van der Waals surface area contributed by atoms with E-state index in [1.54, 1.807) is 6.92 Å². The quantitative estimate of drug-likeness (QED) is 0.313. The number of nitro benzene ring substituents is 1. The summed E-state index contributed by atoms with van der Waals surface area (Å²) in [5.41, 5.74) is -0.683. The number of aliphatic hydroxyl groups excluding tert-OH is 1. The van der Waals surface area contributed by atoms with Gasteiger partial charge in [-0.3, -0.25) is 24.6 Å². The molecule has 132 valence electrons. The lowest BCUT2D eigenvalue weighted by atomic mass is 10.1. The number of hydrogen-bond acceptors (Lipinski definition) is 8. The third kappa shape index (κ3) is 3.80. The second-order valence-corrected chi connectivity index (χ2v) is 4.91. The second-order valence-electron chi connectivity index (χ2n) is 4.91. The molecular weight excluding hydrogens is 334 g/mol. The average molecular weight is 349 g/mol. The fraction of sp³-hybridized carbons (Fsp3) is 0.267. The van der Waals surface area contributed by atoms with Crippen molar-refractivity contribution in [3.05, 3.63) is 45.6 Å². The Bertz CT molecular complexity index is 772. The van der Waals surface area contributed by atoms with Crippen LogP contribution >= 0.6 is 0 Å². The molecule has 0 bridgehead atoms. The summed E-state index contributed by atoms with van der Waals surface area (Å²) in [6, 6.07) is 3.58. The largest absolute Gasteiger partial charge is 0.462 e. The van der Waals surface area contributed by atoms with E-state index < -0.39 is 35.0 Å². The van der Waals surface area contributed by atoms with Crippen LogP contribution in [0.4, 0.5) is 11.4 Å². The van der Waals surface area contributed by atoms with E-state index in [2.05, 4.69) is 5.32 Å². The molecule has 0 atom stereocenters. The Labute approximate surface area is 141 Å². The highest BCUT2D eigenvalue weighted by Crippen LogP contribution is 2.28. The smallest absolute Gasteiger partial charge is 0.338 e. The number of nitrogens with one attached hydrogen (secondary N) is 1. The summed E-state index contributed by atoms with van der Waals surface area (Å²) >= 11 is 0. The Balaban J connectivity index is 2.29. The third-order valence-electron chi connectivity index (χ3n) is 3.31. The number of anilines is 1. The molecule has 2 rings (SSSR count). The minimum atomic E-state index is -0.724. The monoisotopic (exact) mass is 349 g/mol. The van der Waals surface area contributed by atoms with Crippen LogP contribution in [0.25, 0.3) is 0 Å². The van der Waals surface area contributed by atoms with Crippen LogP contribution in [0.3, 0.4) is 0 Å². The average Bonchev–Trinajstić information content (AvgIpc) is 2.83. The van der Waals surface area contributed by atoms with Crippen LogP contribution in [-0.4, -0.2) is 52.5 Å². The lowest BCUT2D eigenvalue weighted by molar-refractivity contribution is -0.384. The first-order valence-corrected chi connectivity index (χ1v) is 7.30. The van der Waals surface area contributed by atoms with Gasteiger partial charge in [0.1, 0.15) is 11.4 Å². The molecule has 1 aromatic carbocycles. The molecule has 0 saturated carbocycles. The van der Waals surface area contributed by atoms with Crippen molar-refractivity contribution >= 4 is 29.2 Å². The van der Waals surface area contributed by atoms with Gasteiger partial charge in [0.25, 0.3) is 17.5 Å². The molecule has 0 radical (unpaired) electrons. The molecule has 0 fully saturated rings. The Kier molecular flexibility index (Phi) is 5.45. The molecule has 10 heteroatoms. The van der Waals surface area contributed by atoms with Crippen molar-refractivity contribution < 1.29 is 29.2 Å². The van der Waals surface area contributed by atoms with Crippen molar-refractivity contribution in [1.29, 1.82) is 0 Å². The number of nitro groups is 1. The zero-order valence-electron chi connectivity index (χ0n) is 13.2. The number of aliphatic hydroxyl groups is 1. The number of β-amino-alcohol motifs (C(OH)–C–C–N with tert-alkyl or cyclic N) is 1. The van der Waals surface area contributed by atoms with Crippen LogP contribution in [0, 0.1) is 10.1 Å². The van der Waals surface area contributed by atoms with Crippen molar-refractivity contribution in [2.24, 2.45) is 0 Å². The standard InChI is InChI=1S/C15H15N3O7/c1-2-25-15(22)9-3-4-10(12(7-9)18(23)24)16-11-8-13(20)17(5-6-19)14(11)21/h3-4,7-8,16,19H,2,5-6H2,1H3. The van der Waals surface area contributed by atoms with Gasteiger partial charge in [-0.25, -0.2) is 4.79 Å². The Morgan fingerprint density at radius 3 is 2.72 bits per heavy atom. The summed E-state index contributed by atoms with van der Waals surface area (Å²) in [4.78, 5) is 46.8. The van der Waals surface area contributed by atoms with Gasteiger partial charge in [0, 0.05) is 12.1 Å². The normalized spacial score (nSPS) is 13.7. The molecular formula is C15H15N3O7. The molecule has 25 heavy (non-hydrogen) atoms. The first kappa shape index (κ1) is 18.1. The summed E-state index contributed by atoms with van der Waals surface area (Å²) in [6.07, 6.45) is 0.987. The first-order valence-electron chi connectivity index (χ1n) is 7.30. The van der Waals surface area contributed by atoms with Crippen molar-refractivity contribution in [2.75, 3.05) is 25.1 Å². The molecule has 10 nitrogen and oxygen atoms in total. The summed E-state index contributed by atoms with van der Waals surface area (Å²) in [5, 5.41) is 22.6. The van der Waals surface area contributed by atoms with E-state index in [-0.39, 0.29) is 30.1 Å². The van der Waals surface area contributed by atoms with E-state index in [9.17, 15) is 24.5 Å². The van der Waals surface area contributed by atoms with Crippen molar-refractivity contribution in [3.8, 4) is 0 Å². The molecule has 1 aliphatic heterocycles. The first-order chi connectivity index (χ1) is 11.9. The van der Waals surface area contributed by atoms with Crippen LogP contribution in [0.2, 0.25) is 0 Å². The molecule has 0 aromatic heterocycles. The molecule has 0 saturated heterocycles. The SMILES string of the molecule is CCOC(=O)c1ccc(NC2=CC(=O)N(CCO)C2=O)c([N+](=O)[O-])c1. The van der Waals surface area contributed by atoms with E-state index in [0.717, 1.165) is 17.0 Å². The zero-order chi connectivity index (χ0) is 18.6. The van der Waals surface area contributed by atoms with Crippen LogP contribution < -0.4 is 5.32 Å². The number of ether oxygens (including phenoxy) is 1. The predicted molar refractivity (Wildman–Crippen MR) is 84.6 cm³/mol. The number of carbonyl (C=O) groups excluding carboxylic acids is 3. The summed E-state index contributed by atoms with van der Waals surface area (Å²) in [7, 11) is 0. The van der Waals surface area contributed by atoms with E-state index in [1.807, 2.05) is 0 Å². The summed E-state index contributed by atoms with van der Waals surface area (Å²) < 4.78 is 4.79. The number of amides is 2. The van der Waals surface area contributed by atoms with Crippen LogP contribution in [0.15, 0.2) is 30.0 Å². The zero-order valence-corrected chi connectivity index (χ0v) is 13.2. The van der Waals surface area contributed by atoms with Crippen molar-refractivity contribution in [2.45, 2.75) is 6.92 Å². The molecule has 1 heterocycles. The Morgan fingerprint density at radius 1 is 1.40 bits per heavy atom. The van der Waals surface area contributed by atoms with Crippen molar-refractivity contribution in [1.82, 2.24) is 4.90 Å². The maximum atomic E-state index is 12.1. The summed E-state index contributed by atoms with van der Waals surface area (Å²) in [5.74, 6) is -2.05. The van der Waals surface area contributed by atoms with Gasteiger partial charge in [0.15, 0.2) is 0 Å². The van der Waals surface area contributed by atoms with Crippen LogP contribution in [-0.2, 0) is 14.3 Å². The van der Waals surface area contributed by atoms with E-state index >= 15 is 0 Å². The fourth-order valence-corrected chi connectivity index (χ4v) is 2.18. The number of rotatable bonds is 7. The van der Waals surface area contributed by atoms with E-state index in [4.69, 9.17) is 9.84 Å². The van der Waals surface area contributed by atoms with Crippen LogP contribution in [0.1, 0.15) is 17.3 Å². The van der Waals surface area contributed by atoms with Gasteiger partial charge in [-0.2, -0.15) is 0 Å². The number of nitrogens with zero attached hydrogens (tertiary/aromatic N) is 2. The molecule has 0 spiro atoms. The topological polar surface area (TPSA) is 139 Å². The van der Waals surface area contributed by atoms with Gasteiger partial charge in [-0.15, -0.1) is 0 Å². The van der Waals surface area contributed by atoms with Gasteiger partial charge in [0.05, 0.1) is 30.2 Å². The minimum Gasteiger partial charge on any atom is -0.462 e. The number of carbonyl (C=O) groups is 3. The van der Waals surface area contributed by atoms with Crippen molar-refractivity contribution in [3.63, 3.8) is 0 Å². The lowest BCUT2D eigenvalue weighted by Gasteiger charge is -2.13. The Morgan fingerprint density at radius 2 is 2.12 bits per heavy atom. The molecule has 2 amide bonds. The van der Waals surface area contributed by atoms with Gasteiger partial charge >= 0.3 is 5.97 Å². The predicted octanol–water partition coefficient (Wildman–Crippen LogP) is 0.428. The van der Waals surface area contributed by atoms with Gasteiger partial charge in [0.2, 0.25) is 0 Å². The molecule has 2 N–H and O–H groups in total. The van der Waals surface area contributed by atoms with Crippen LogP contribution in [0.5, 0.6) is 0 Å². The van der Waals surface area contributed by atoms with Gasteiger partial charge in [-0.1, -0.05) is 0 Å². The molecule has 0 aliphatic carbocycles. The molecule has 1 aliphatic rings. The maximum absolute atomic E-state index is 12.1. The highest BCUT2D eigenvalue weighted by Gasteiger charge is 2.32. The summed E-state index contributed by atoms with van der Waals surface area (Å²) in [6.45, 7) is 1.16. The van der Waals surface area contributed by atoms with Gasteiger partial charge in [-0.05, 0) is 19.1 Å². The highest BCUT2D eigenvalue weighted by molar-refractivity contribution is 6.17. The second kappa shape index (κ2) is 7.53. The lowest BCUT2D eigenvalue weighted by Crippen LogP contribution is -2.34. The Hall–Kier alpha value is -3.27. The minimum absolute atomic E-state index is 0.0104. The number of hydrogen-bond donors (Lipinski definition) is 2. The van der Waals surface area contributed by atoms with Gasteiger partial charge < -0.3 is 15.2 Å². The molecule has 1 aromatic rings. The number of esters is 1. The third-order valence-corrected chi connectivity index (χ3v) is 3.31. The number of imide groups is 1. The van der Waals surface area contributed by atoms with E-state index in [0.29, 0.717) is 0 Å². The number of benzene rings is 1. The molecule has 0 unspecified atom stereocenters.